The predicted octanol–water partition coefficient (Wildman–Crippen LogP) is 3.23. The van der Waals surface area contributed by atoms with Crippen LogP contribution in [0, 0.1) is 0 Å². The van der Waals surface area contributed by atoms with E-state index in [1.54, 1.807) is 12.2 Å². The van der Waals surface area contributed by atoms with Crippen LogP contribution >= 0.6 is 0 Å². The van der Waals surface area contributed by atoms with Crippen molar-refractivity contribution in [3.05, 3.63) is 85.0 Å². The normalized spacial score (nSPS) is 11.3. The third kappa shape index (κ3) is 3.36. The molecule has 0 aliphatic carbocycles. The van der Waals surface area contributed by atoms with Crippen LogP contribution in [0.1, 0.15) is 5.56 Å². The first-order valence-corrected chi connectivity index (χ1v) is 5.09. The van der Waals surface area contributed by atoms with Gasteiger partial charge in [0.25, 0.3) is 0 Å². The van der Waals surface area contributed by atoms with Gasteiger partial charge in [-0.25, -0.2) is 0 Å². The van der Waals surface area contributed by atoms with Crippen LogP contribution in [0.2, 0.25) is 0 Å². The van der Waals surface area contributed by atoms with Crippen molar-refractivity contribution in [1.29, 1.82) is 0 Å². The van der Waals surface area contributed by atoms with Gasteiger partial charge in [0, 0.05) is 0 Å². The fraction of sp³-hybridized carbons (Fsp3) is 0. The van der Waals surface area contributed by atoms with E-state index < -0.39 is 0 Å². The van der Waals surface area contributed by atoms with E-state index in [0.717, 1.165) is 16.6 Å². The zero-order valence-corrected chi connectivity index (χ0v) is 9.27. The Hall–Kier alpha value is -1.89. The molecule has 1 aromatic rings. The molecule has 0 N–H and O–H groups in total. The fourth-order valence-electron chi connectivity index (χ4n) is 1.32. The van der Waals surface area contributed by atoms with Gasteiger partial charge in [-0.2, -0.15) is 0 Å². The standard InChI is InChI=1S/C15H14B/c1-3-5-10-13(9-4-2)15(16)14-11-7-6-8-12-14/h3-12H,1-2H2/b10-5-,13-9+. The van der Waals surface area contributed by atoms with Gasteiger partial charge < -0.3 is 0 Å². The Balaban J connectivity index is 3.01. The van der Waals surface area contributed by atoms with Crippen LogP contribution in [-0.2, 0) is 0 Å². The Labute approximate surface area is 98.4 Å². The molecule has 77 valence electrons. The first kappa shape index (κ1) is 12.2. The average molecular weight is 205 g/mol. The number of hydrogen-bond donors (Lipinski definition) is 0. The zero-order chi connectivity index (χ0) is 11.8. The molecule has 0 unspecified atom stereocenters. The number of hydrogen-bond acceptors (Lipinski definition) is 0. The monoisotopic (exact) mass is 205 g/mol. The van der Waals surface area contributed by atoms with E-state index in [1.807, 2.05) is 48.6 Å². The first-order chi connectivity index (χ1) is 7.79. The van der Waals surface area contributed by atoms with Crippen molar-refractivity contribution in [3.8, 4) is 0 Å². The summed E-state index contributed by atoms with van der Waals surface area (Å²) in [6.45, 7) is 7.31. The first-order valence-electron chi connectivity index (χ1n) is 5.09. The molecule has 16 heavy (non-hydrogen) atoms. The second kappa shape index (κ2) is 6.57. The van der Waals surface area contributed by atoms with Crippen LogP contribution in [0.25, 0.3) is 0 Å². The van der Waals surface area contributed by atoms with Gasteiger partial charge in [-0.1, -0.05) is 0 Å². The molecule has 0 bridgehead atoms. The van der Waals surface area contributed by atoms with Crippen LogP contribution in [0.4, 0.5) is 0 Å². The number of rotatable bonds is 5. The van der Waals surface area contributed by atoms with E-state index in [-0.39, 0.29) is 0 Å². The Morgan fingerprint density at radius 2 is 1.75 bits per heavy atom. The molecule has 1 aromatic carbocycles. The summed E-state index contributed by atoms with van der Waals surface area (Å²) in [7, 11) is 6.08. The molecule has 1 rings (SSSR count). The third-order valence-corrected chi connectivity index (χ3v) is 2.11. The maximum atomic E-state index is 6.08. The Morgan fingerprint density at radius 1 is 1.06 bits per heavy atom. The molecule has 0 aliphatic rings. The van der Waals surface area contributed by atoms with Crippen LogP contribution in [0.15, 0.2) is 79.4 Å². The summed E-state index contributed by atoms with van der Waals surface area (Å²) in [5, 5.41) is 0. The number of allylic oxidation sites excluding steroid dienone is 6. The quantitative estimate of drug-likeness (QED) is 0.511. The minimum absolute atomic E-state index is 0.735. The van der Waals surface area contributed by atoms with Crippen LogP contribution in [0.3, 0.4) is 0 Å². The summed E-state index contributed by atoms with van der Waals surface area (Å²) in [6.07, 6.45) is 9.08. The van der Waals surface area contributed by atoms with Gasteiger partial charge in [-0.15, -0.1) is 0 Å². The molecule has 0 saturated carbocycles. The summed E-state index contributed by atoms with van der Waals surface area (Å²) >= 11 is 0. The topological polar surface area (TPSA) is 0 Å². The molecule has 0 aromatic heterocycles. The van der Waals surface area contributed by atoms with Gasteiger partial charge in [0.05, 0.1) is 0 Å². The van der Waals surface area contributed by atoms with Gasteiger partial charge in [-0.05, 0) is 0 Å². The van der Waals surface area contributed by atoms with Crippen molar-refractivity contribution < 1.29 is 0 Å². The van der Waals surface area contributed by atoms with E-state index in [1.165, 1.54) is 0 Å². The van der Waals surface area contributed by atoms with E-state index in [0.29, 0.717) is 0 Å². The molecule has 0 amide bonds. The molecule has 0 saturated heterocycles. The summed E-state index contributed by atoms with van der Waals surface area (Å²) in [6, 6.07) is 9.85. The fourth-order valence-corrected chi connectivity index (χ4v) is 1.32. The summed E-state index contributed by atoms with van der Waals surface area (Å²) < 4.78 is 0. The molecule has 0 fully saturated rings. The molecule has 0 atom stereocenters. The van der Waals surface area contributed by atoms with Gasteiger partial charge in [-0.3, -0.25) is 0 Å². The molecule has 1 radical (unpaired) electrons. The summed E-state index contributed by atoms with van der Waals surface area (Å²) in [5.41, 5.74) is 2.67. The Kier molecular flexibility index (Phi) is 5.00. The Bertz CT molecular complexity index is 436. The SMILES string of the molecule is [B]=C(C(/C=C\C=C)=C/C=C)c1ccccc1. The van der Waals surface area contributed by atoms with Gasteiger partial charge in [0.1, 0.15) is 0 Å². The van der Waals surface area contributed by atoms with Crippen LogP contribution in [-0.4, -0.2) is 13.0 Å². The molecular weight excluding hydrogens is 191 g/mol. The van der Waals surface area contributed by atoms with Crippen molar-refractivity contribution in [2.24, 2.45) is 0 Å². The van der Waals surface area contributed by atoms with Crippen LogP contribution < -0.4 is 0 Å². The van der Waals surface area contributed by atoms with E-state index >= 15 is 0 Å². The zero-order valence-electron chi connectivity index (χ0n) is 9.27. The molecule has 0 spiro atoms. The average Bonchev–Trinajstić information content (AvgIpc) is 2.35. The minimum atomic E-state index is 0.735. The number of benzene rings is 1. The van der Waals surface area contributed by atoms with Gasteiger partial charge in [0.2, 0.25) is 0 Å². The molecule has 0 heterocycles. The van der Waals surface area contributed by atoms with E-state index in [4.69, 9.17) is 7.49 Å². The predicted molar refractivity (Wildman–Crippen MR) is 73.9 cm³/mol. The summed E-state index contributed by atoms with van der Waals surface area (Å²) in [5.74, 6) is 0. The van der Waals surface area contributed by atoms with Crippen molar-refractivity contribution in [1.82, 2.24) is 0 Å². The second-order valence-corrected chi connectivity index (χ2v) is 3.23. The van der Waals surface area contributed by atoms with Crippen molar-refractivity contribution in [3.63, 3.8) is 0 Å². The molecular formula is C15H14B. The van der Waals surface area contributed by atoms with Crippen molar-refractivity contribution in [2.75, 3.05) is 0 Å². The van der Waals surface area contributed by atoms with Crippen molar-refractivity contribution in [2.45, 2.75) is 0 Å². The van der Waals surface area contributed by atoms with E-state index in [9.17, 15) is 0 Å². The summed E-state index contributed by atoms with van der Waals surface area (Å²) in [4.78, 5) is 0. The van der Waals surface area contributed by atoms with Gasteiger partial charge in [0.15, 0.2) is 0 Å². The van der Waals surface area contributed by atoms with Crippen molar-refractivity contribution >= 4 is 13.0 Å². The third-order valence-electron chi connectivity index (χ3n) is 2.11. The van der Waals surface area contributed by atoms with Gasteiger partial charge >= 0.3 is 98.0 Å². The van der Waals surface area contributed by atoms with E-state index in [2.05, 4.69) is 13.2 Å². The molecule has 0 aliphatic heterocycles. The maximum absolute atomic E-state index is 6.08. The second-order valence-electron chi connectivity index (χ2n) is 3.23. The molecule has 1 heteroatoms. The van der Waals surface area contributed by atoms with Crippen LogP contribution in [0.5, 0.6) is 0 Å². The Morgan fingerprint density at radius 3 is 2.31 bits per heavy atom. The molecule has 0 nitrogen and oxygen atoms in total.